The fourth-order valence-corrected chi connectivity index (χ4v) is 2.75. The van der Waals surface area contributed by atoms with Crippen molar-refractivity contribution in [1.29, 1.82) is 0 Å². The largest absolute Gasteiger partial charge is 0.271 e. The number of thiophene rings is 1. The van der Waals surface area contributed by atoms with Crippen molar-refractivity contribution >= 4 is 27.3 Å². The molecule has 1 aromatic heterocycles. The Morgan fingerprint density at radius 1 is 1.24 bits per heavy atom. The van der Waals surface area contributed by atoms with E-state index in [2.05, 4.69) is 50.3 Å². The zero-order valence-corrected chi connectivity index (χ0v) is 11.8. The van der Waals surface area contributed by atoms with E-state index in [-0.39, 0.29) is 6.04 Å². The van der Waals surface area contributed by atoms with Gasteiger partial charge in [-0.2, -0.15) is 11.3 Å². The standard InChI is InChI=1S/C13H15BrN2S/c14-12-4-2-11(3-5-12)13(16-15)6-1-10-7-8-17-9-10/h2-5,7-9,13,16H,1,6,15H2. The minimum absolute atomic E-state index is 0.211. The summed E-state index contributed by atoms with van der Waals surface area (Å²) in [6.07, 6.45) is 2.06. The van der Waals surface area contributed by atoms with Gasteiger partial charge in [0.1, 0.15) is 0 Å². The van der Waals surface area contributed by atoms with Gasteiger partial charge in [0.2, 0.25) is 0 Å². The summed E-state index contributed by atoms with van der Waals surface area (Å²) in [6, 6.07) is 10.7. The molecule has 1 heterocycles. The molecule has 0 bridgehead atoms. The fourth-order valence-electron chi connectivity index (χ4n) is 1.79. The first-order valence-electron chi connectivity index (χ1n) is 5.52. The van der Waals surface area contributed by atoms with Crippen molar-refractivity contribution in [2.45, 2.75) is 18.9 Å². The summed E-state index contributed by atoms with van der Waals surface area (Å²) >= 11 is 5.18. The van der Waals surface area contributed by atoms with Gasteiger partial charge in [0.15, 0.2) is 0 Å². The molecular formula is C13H15BrN2S. The molecule has 0 spiro atoms. The molecule has 90 valence electrons. The SMILES string of the molecule is NNC(CCc1ccsc1)c1ccc(Br)cc1. The summed E-state index contributed by atoms with van der Waals surface area (Å²) in [5, 5.41) is 4.30. The Balaban J connectivity index is 1.99. The lowest BCUT2D eigenvalue weighted by Gasteiger charge is -2.16. The molecule has 1 atom stereocenters. The van der Waals surface area contributed by atoms with E-state index in [9.17, 15) is 0 Å². The third-order valence-electron chi connectivity index (χ3n) is 2.78. The Morgan fingerprint density at radius 3 is 2.59 bits per heavy atom. The van der Waals surface area contributed by atoms with Crippen molar-refractivity contribution in [2.24, 2.45) is 5.84 Å². The van der Waals surface area contributed by atoms with Gasteiger partial charge in [0.05, 0.1) is 0 Å². The summed E-state index contributed by atoms with van der Waals surface area (Å²) < 4.78 is 1.09. The molecule has 1 unspecified atom stereocenters. The van der Waals surface area contributed by atoms with Gasteiger partial charge in [-0.25, -0.2) is 0 Å². The summed E-state index contributed by atoms with van der Waals surface area (Å²) in [6.45, 7) is 0. The van der Waals surface area contributed by atoms with Crippen LogP contribution in [-0.2, 0) is 6.42 Å². The van der Waals surface area contributed by atoms with Crippen molar-refractivity contribution < 1.29 is 0 Å². The Hall–Kier alpha value is -0.680. The minimum atomic E-state index is 0.211. The second-order valence-corrected chi connectivity index (χ2v) is 5.64. The second kappa shape index (κ2) is 6.31. The van der Waals surface area contributed by atoms with Gasteiger partial charge >= 0.3 is 0 Å². The monoisotopic (exact) mass is 310 g/mol. The lowest BCUT2D eigenvalue weighted by Crippen LogP contribution is -2.28. The summed E-state index contributed by atoms with van der Waals surface area (Å²) in [5.74, 6) is 5.62. The summed E-state index contributed by atoms with van der Waals surface area (Å²) in [4.78, 5) is 0. The topological polar surface area (TPSA) is 38.0 Å². The highest BCUT2D eigenvalue weighted by Crippen LogP contribution is 2.21. The second-order valence-electron chi connectivity index (χ2n) is 3.94. The van der Waals surface area contributed by atoms with E-state index in [1.165, 1.54) is 11.1 Å². The maximum Gasteiger partial charge on any atom is 0.0463 e. The van der Waals surface area contributed by atoms with Crippen molar-refractivity contribution in [3.05, 3.63) is 56.7 Å². The average Bonchev–Trinajstić information content (AvgIpc) is 2.85. The predicted octanol–water partition coefficient (Wildman–Crippen LogP) is 3.65. The van der Waals surface area contributed by atoms with Crippen LogP contribution in [0.2, 0.25) is 0 Å². The smallest absolute Gasteiger partial charge is 0.0463 e. The Kier molecular flexibility index (Phi) is 4.74. The number of hydrazine groups is 1. The van der Waals surface area contributed by atoms with Crippen LogP contribution in [0.15, 0.2) is 45.6 Å². The van der Waals surface area contributed by atoms with Crippen molar-refractivity contribution in [1.82, 2.24) is 5.43 Å². The Morgan fingerprint density at radius 2 is 2.00 bits per heavy atom. The van der Waals surface area contributed by atoms with Gasteiger partial charge in [-0.15, -0.1) is 0 Å². The van der Waals surface area contributed by atoms with Crippen LogP contribution in [0.25, 0.3) is 0 Å². The van der Waals surface area contributed by atoms with Gasteiger partial charge in [0.25, 0.3) is 0 Å². The number of benzene rings is 1. The number of hydrogen-bond donors (Lipinski definition) is 2. The first-order valence-corrected chi connectivity index (χ1v) is 7.26. The number of hydrogen-bond acceptors (Lipinski definition) is 3. The third kappa shape index (κ3) is 3.64. The first kappa shape index (κ1) is 12.8. The molecule has 0 aliphatic carbocycles. The van der Waals surface area contributed by atoms with Crippen LogP contribution in [0.5, 0.6) is 0 Å². The highest BCUT2D eigenvalue weighted by atomic mass is 79.9. The summed E-state index contributed by atoms with van der Waals surface area (Å²) in [5.41, 5.74) is 5.50. The highest BCUT2D eigenvalue weighted by molar-refractivity contribution is 9.10. The molecule has 2 nitrogen and oxygen atoms in total. The lowest BCUT2D eigenvalue weighted by molar-refractivity contribution is 0.516. The fraction of sp³-hybridized carbons (Fsp3) is 0.231. The first-order chi connectivity index (χ1) is 8.29. The summed E-state index contributed by atoms with van der Waals surface area (Å²) in [7, 11) is 0. The van der Waals surface area contributed by atoms with Crippen molar-refractivity contribution in [2.75, 3.05) is 0 Å². The van der Waals surface area contributed by atoms with E-state index in [0.29, 0.717) is 0 Å². The average molecular weight is 311 g/mol. The van der Waals surface area contributed by atoms with Crippen LogP contribution in [-0.4, -0.2) is 0 Å². The Labute approximate surface area is 114 Å². The maximum atomic E-state index is 5.62. The molecule has 2 aromatic rings. The number of nitrogens with two attached hydrogens (primary N) is 1. The zero-order chi connectivity index (χ0) is 12.1. The molecule has 17 heavy (non-hydrogen) atoms. The van der Waals surface area contributed by atoms with Gasteiger partial charge < -0.3 is 0 Å². The molecule has 0 radical (unpaired) electrons. The number of nitrogens with one attached hydrogen (secondary N) is 1. The minimum Gasteiger partial charge on any atom is -0.271 e. The molecule has 0 aliphatic rings. The van der Waals surface area contributed by atoms with Crippen molar-refractivity contribution in [3.63, 3.8) is 0 Å². The van der Waals surface area contributed by atoms with Crippen LogP contribution in [0.1, 0.15) is 23.6 Å². The Bertz CT molecular complexity index is 439. The van der Waals surface area contributed by atoms with Crippen molar-refractivity contribution in [3.8, 4) is 0 Å². The van der Waals surface area contributed by atoms with Crippen LogP contribution < -0.4 is 11.3 Å². The molecule has 2 rings (SSSR count). The number of aryl methyl sites for hydroxylation is 1. The van der Waals surface area contributed by atoms with E-state index in [1.54, 1.807) is 11.3 Å². The van der Waals surface area contributed by atoms with Crippen LogP contribution in [0.4, 0.5) is 0 Å². The van der Waals surface area contributed by atoms with Crippen LogP contribution in [0, 0.1) is 0 Å². The van der Waals surface area contributed by atoms with Crippen LogP contribution >= 0.6 is 27.3 Å². The van der Waals surface area contributed by atoms with Gasteiger partial charge in [-0.1, -0.05) is 28.1 Å². The van der Waals surface area contributed by atoms with E-state index in [1.807, 2.05) is 12.1 Å². The van der Waals surface area contributed by atoms with Gasteiger partial charge in [0, 0.05) is 10.5 Å². The zero-order valence-electron chi connectivity index (χ0n) is 9.40. The van der Waals surface area contributed by atoms with Crippen LogP contribution in [0.3, 0.4) is 0 Å². The molecule has 0 fully saturated rings. The van der Waals surface area contributed by atoms with E-state index >= 15 is 0 Å². The molecule has 0 saturated heterocycles. The van der Waals surface area contributed by atoms with E-state index in [0.717, 1.165) is 17.3 Å². The quantitative estimate of drug-likeness (QED) is 0.653. The third-order valence-corrected chi connectivity index (χ3v) is 4.04. The number of rotatable bonds is 5. The molecule has 0 aliphatic heterocycles. The molecule has 1 aromatic carbocycles. The maximum absolute atomic E-state index is 5.62. The lowest BCUT2D eigenvalue weighted by atomic mass is 10.0. The van der Waals surface area contributed by atoms with Gasteiger partial charge in [-0.05, 0) is 52.9 Å². The molecule has 4 heteroatoms. The molecule has 0 saturated carbocycles. The molecular weight excluding hydrogens is 296 g/mol. The molecule has 3 N–H and O–H groups in total. The molecule has 0 amide bonds. The van der Waals surface area contributed by atoms with Gasteiger partial charge in [-0.3, -0.25) is 11.3 Å². The van der Waals surface area contributed by atoms with E-state index < -0.39 is 0 Å². The normalized spacial score (nSPS) is 12.6. The van der Waals surface area contributed by atoms with E-state index in [4.69, 9.17) is 5.84 Å². The number of halogens is 1. The predicted molar refractivity (Wildman–Crippen MR) is 76.8 cm³/mol. The highest BCUT2D eigenvalue weighted by Gasteiger charge is 2.09.